The predicted molar refractivity (Wildman–Crippen MR) is 87.4 cm³/mol. The molecule has 1 unspecified atom stereocenters. The first-order chi connectivity index (χ1) is 9.55. The summed E-state index contributed by atoms with van der Waals surface area (Å²) in [4.78, 5) is 2.61. The first-order valence-corrected chi connectivity index (χ1v) is 8.17. The Kier molecular flexibility index (Phi) is 5.48. The van der Waals surface area contributed by atoms with E-state index in [1.807, 2.05) is 6.07 Å². The summed E-state index contributed by atoms with van der Waals surface area (Å²) in [5, 5.41) is 4.55. The van der Waals surface area contributed by atoms with Crippen molar-refractivity contribution in [2.75, 3.05) is 19.6 Å². The van der Waals surface area contributed by atoms with Crippen LogP contribution in [0.25, 0.3) is 0 Å². The van der Waals surface area contributed by atoms with Crippen LogP contribution in [0, 0.1) is 0 Å². The molecule has 2 nitrogen and oxygen atoms in total. The molecule has 112 valence electrons. The van der Waals surface area contributed by atoms with E-state index in [2.05, 4.69) is 49.2 Å². The number of hydrogen-bond donors (Lipinski definition) is 1. The lowest BCUT2D eigenvalue weighted by Gasteiger charge is -2.43. The van der Waals surface area contributed by atoms with E-state index >= 15 is 0 Å². The molecule has 1 fully saturated rings. The highest BCUT2D eigenvalue weighted by Crippen LogP contribution is 2.34. The summed E-state index contributed by atoms with van der Waals surface area (Å²) in [6.07, 6.45) is 3.78. The molecule has 0 radical (unpaired) electrons. The smallest absolute Gasteiger partial charge is 0.0502 e. The molecule has 0 saturated carbocycles. The Bertz CT molecular complexity index is 425. The zero-order valence-corrected chi connectivity index (χ0v) is 13.7. The van der Waals surface area contributed by atoms with E-state index in [0.717, 1.165) is 18.0 Å². The fraction of sp³-hybridized carbons (Fsp3) is 0.647. The first kappa shape index (κ1) is 15.8. The van der Waals surface area contributed by atoms with Gasteiger partial charge in [-0.05, 0) is 70.4 Å². The Morgan fingerprint density at radius 2 is 2.00 bits per heavy atom. The van der Waals surface area contributed by atoms with Gasteiger partial charge in [0, 0.05) is 10.6 Å². The van der Waals surface area contributed by atoms with Crippen LogP contribution in [-0.2, 0) is 0 Å². The topological polar surface area (TPSA) is 15.3 Å². The lowest BCUT2D eigenvalue weighted by Crippen LogP contribution is -2.51. The van der Waals surface area contributed by atoms with Crippen LogP contribution in [0.3, 0.4) is 0 Å². The third kappa shape index (κ3) is 3.55. The Morgan fingerprint density at radius 3 is 2.60 bits per heavy atom. The molecule has 1 aliphatic heterocycles. The van der Waals surface area contributed by atoms with Gasteiger partial charge in [0.25, 0.3) is 0 Å². The molecule has 0 amide bonds. The van der Waals surface area contributed by atoms with Gasteiger partial charge in [-0.3, -0.25) is 4.90 Å². The van der Waals surface area contributed by atoms with Crippen molar-refractivity contribution in [3.63, 3.8) is 0 Å². The van der Waals surface area contributed by atoms with Crippen LogP contribution in [0.5, 0.6) is 0 Å². The quantitative estimate of drug-likeness (QED) is 0.843. The van der Waals surface area contributed by atoms with Crippen molar-refractivity contribution in [3.05, 3.63) is 34.9 Å². The van der Waals surface area contributed by atoms with E-state index in [4.69, 9.17) is 11.6 Å². The number of benzene rings is 1. The molecule has 0 aliphatic carbocycles. The third-order valence-corrected chi connectivity index (χ3v) is 4.64. The average molecular weight is 295 g/mol. The summed E-state index contributed by atoms with van der Waals surface area (Å²) in [5.74, 6) is 0. The van der Waals surface area contributed by atoms with Crippen molar-refractivity contribution in [1.29, 1.82) is 0 Å². The van der Waals surface area contributed by atoms with Crippen LogP contribution in [-0.4, -0.2) is 30.1 Å². The molecule has 0 spiro atoms. The maximum atomic E-state index is 6.19. The van der Waals surface area contributed by atoms with Gasteiger partial charge in [0.1, 0.15) is 0 Å². The van der Waals surface area contributed by atoms with Crippen molar-refractivity contribution in [2.45, 2.75) is 51.6 Å². The van der Waals surface area contributed by atoms with Crippen molar-refractivity contribution < 1.29 is 0 Å². The maximum Gasteiger partial charge on any atom is 0.0502 e. The summed E-state index contributed by atoms with van der Waals surface area (Å²) in [5.41, 5.74) is 1.40. The second-order valence-electron chi connectivity index (χ2n) is 6.29. The molecule has 3 heteroatoms. The highest BCUT2D eigenvalue weighted by Gasteiger charge is 2.37. The number of halogens is 1. The lowest BCUT2D eigenvalue weighted by atomic mass is 9.87. The van der Waals surface area contributed by atoms with Crippen LogP contribution < -0.4 is 5.32 Å². The van der Waals surface area contributed by atoms with Gasteiger partial charge in [-0.15, -0.1) is 0 Å². The minimum Gasteiger partial charge on any atom is -0.308 e. The molecule has 1 aliphatic rings. The fourth-order valence-electron chi connectivity index (χ4n) is 3.23. The molecule has 1 N–H and O–H groups in total. The highest BCUT2D eigenvalue weighted by atomic mass is 35.5. The minimum absolute atomic E-state index is 0.107. The summed E-state index contributed by atoms with van der Waals surface area (Å²) in [6, 6.07) is 8.62. The van der Waals surface area contributed by atoms with E-state index in [1.165, 1.54) is 31.5 Å². The Balaban J connectivity index is 2.26. The largest absolute Gasteiger partial charge is 0.308 e. The highest BCUT2D eigenvalue weighted by molar-refractivity contribution is 6.30. The molecule has 1 atom stereocenters. The van der Waals surface area contributed by atoms with Gasteiger partial charge in [-0.1, -0.05) is 30.7 Å². The second-order valence-corrected chi connectivity index (χ2v) is 6.73. The average Bonchev–Trinajstić information content (AvgIpc) is 2.93. The van der Waals surface area contributed by atoms with Crippen molar-refractivity contribution >= 4 is 11.6 Å². The van der Waals surface area contributed by atoms with Crippen LogP contribution in [0.1, 0.15) is 51.6 Å². The van der Waals surface area contributed by atoms with E-state index in [-0.39, 0.29) is 5.54 Å². The van der Waals surface area contributed by atoms with Crippen LogP contribution in [0.4, 0.5) is 0 Å². The molecule has 0 aromatic heterocycles. The number of nitrogens with one attached hydrogen (secondary N) is 1. The van der Waals surface area contributed by atoms with E-state index in [9.17, 15) is 0 Å². The molecule has 0 bridgehead atoms. The van der Waals surface area contributed by atoms with Crippen LogP contribution in [0.15, 0.2) is 24.3 Å². The number of hydrogen-bond acceptors (Lipinski definition) is 2. The monoisotopic (exact) mass is 294 g/mol. The van der Waals surface area contributed by atoms with Gasteiger partial charge in [-0.2, -0.15) is 0 Å². The van der Waals surface area contributed by atoms with Gasteiger partial charge < -0.3 is 5.32 Å². The third-order valence-electron chi connectivity index (χ3n) is 4.41. The lowest BCUT2D eigenvalue weighted by molar-refractivity contribution is 0.107. The second kappa shape index (κ2) is 6.93. The predicted octanol–water partition coefficient (Wildman–Crippen LogP) is 4.26. The van der Waals surface area contributed by atoms with Gasteiger partial charge in [-0.25, -0.2) is 0 Å². The molecule has 20 heavy (non-hydrogen) atoms. The summed E-state index contributed by atoms with van der Waals surface area (Å²) >= 11 is 6.19. The zero-order valence-electron chi connectivity index (χ0n) is 13.0. The van der Waals surface area contributed by atoms with Gasteiger partial charge in [0.2, 0.25) is 0 Å². The van der Waals surface area contributed by atoms with E-state index in [1.54, 1.807) is 0 Å². The molecule has 1 saturated heterocycles. The van der Waals surface area contributed by atoms with Crippen molar-refractivity contribution in [2.24, 2.45) is 0 Å². The summed E-state index contributed by atoms with van der Waals surface area (Å²) < 4.78 is 0. The van der Waals surface area contributed by atoms with Gasteiger partial charge in [0.15, 0.2) is 0 Å². The fourth-order valence-corrected chi connectivity index (χ4v) is 3.43. The summed E-state index contributed by atoms with van der Waals surface area (Å²) in [7, 11) is 0. The SMILES string of the molecule is CCCNC(c1cccc(Cl)c1)C(C)(C)N1CCCC1. The molecule has 1 aromatic rings. The zero-order chi connectivity index (χ0) is 14.6. The van der Waals surface area contributed by atoms with Gasteiger partial charge >= 0.3 is 0 Å². The Hall–Kier alpha value is -0.570. The van der Waals surface area contributed by atoms with Crippen molar-refractivity contribution in [1.82, 2.24) is 10.2 Å². The van der Waals surface area contributed by atoms with E-state index in [0.29, 0.717) is 6.04 Å². The number of rotatable bonds is 6. The Morgan fingerprint density at radius 1 is 1.30 bits per heavy atom. The van der Waals surface area contributed by atoms with E-state index < -0.39 is 0 Å². The first-order valence-electron chi connectivity index (χ1n) is 7.79. The molecule has 2 rings (SSSR count). The minimum atomic E-state index is 0.107. The number of nitrogens with zero attached hydrogens (tertiary/aromatic N) is 1. The van der Waals surface area contributed by atoms with Crippen LogP contribution >= 0.6 is 11.6 Å². The normalized spacial score (nSPS) is 18.4. The maximum absolute atomic E-state index is 6.19. The number of likely N-dealkylation sites (tertiary alicyclic amines) is 1. The molecule has 1 aromatic carbocycles. The van der Waals surface area contributed by atoms with Gasteiger partial charge in [0.05, 0.1) is 6.04 Å². The van der Waals surface area contributed by atoms with Crippen molar-refractivity contribution in [3.8, 4) is 0 Å². The Labute approximate surface area is 128 Å². The van der Waals surface area contributed by atoms with Crippen LogP contribution in [0.2, 0.25) is 5.02 Å². The molecular weight excluding hydrogens is 268 g/mol. The molecular formula is C17H27ClN2. The standard InChI is InChI=1S/C17H27ClN2/c1-4-10-19-16(14-8-7-9-15(18)13-14)17(2,3)20-11-5-6-12-20/h7-9,13,16,19H,4-6,10-12H2,1-3H3. The molecule has 1 heterocycles. The summed E-state index contributed by atoms with van der Waals surface area (Å²) in [6.45, 7) is 10.4.